The van der Waals surface area contributed by atoms with E-state index in [0.717, 1.165) is 10.1 Å². The molecule has 2 atom stereocenters. The number of amides is 2. The predicted octanol–water partition coefficient (Wildman–Crippen LogP) is 2.31. The van der Waals surface area contributed by atoms with Gasteiger partial charge in [-0.3, -0.25) is 24.0 Å². The molecule has 3 N–H and O–H groups in total. The maximum atomic E-state index is 13.3. The van der Waals surface area contributed by atoms with E-state index in [9.17, 15) is 28.4 Å². The maximum absolute atomic E-state index is 13.3. The number of alkyl halides is 1. The van der Waals surface area contributed by atoms with Crippen LogP contribution in [0.3, 0.4) is 0 Å². The third-order valence-electron chi connectivity index (χ3n) is 5.58. The Morgan fingerprint density at radius 3 is 2.11 bits per heavy atom. The summed E-state index contributed by atoms with van der Waals surface area (Å²) < 4.78 is 14.1. The van der Waals surface area contributed by atoms with Crippen LogP contribution in [0.5, 0.6) is 0 Å². The predicted molar refractivity (Wildman–Crippen MR) is 134 cm³/mol. The van der Waals surface area contributed by atoms with E-state index in [2.05, 4.69) is 10.6 Å². The quantitative estimate of drug-likeness (QED) is 0.344. The van der Waals surface area contributed by atoms with Crippen LogP contribution in [0.4, 0.5) is 10.1 Å². The van der Waals surface area contributed by atoms with Gasteiger partial charge in [-0.1, -0.05) is 60.7 Å². The van der Waals surface area contributed by atoms with Gasteiger partial charge in [0.15, 0.2) is 5.78 Å². The molecule has 0 bridgehead atoms. The molecule has 2 amide bonds. The van der Waals surface area contributed by atoms with Crippen LogP contribution < -0.4 is 16.2 Å². The summed E-state index contributed by atoms with van der Waals surface area (Å²) in [5.41, 5.74) is 0.696. The Kier molecular flexibility index (Phi) is 9.42. The number of Topliss-reactive ketones (excluding diaryl/α,β-unsaturated/α-hetero) is 1. The number of carboxylic acids is 1. The Bertz CT molecular complexity index is 1310. The number of rotatable bonds is 12. The van der Waals surface area contributed by atoms with Crippen LogP contribution >= 0.6 is 0 Å². The van der Waals surface area contributed by atoms with Crippen molar-refractivity contribution < 1.29 is 28.7 Å². The molecule has 3 aromatic rings. The summed E-state index contributed by atoms with van der Waals surface area (Å²) in [6, 6.07) is 17.7. The van der Waals surface area contributed by atoms with Crippen LogP contribution in [0.15, 0.2) is 83.8 Å². The van der Waals surface area contributed by atoms with Gasteiger partial charge in [0.25, 0.3) is 5.56 Å². The molecule has 1 aromatic heterocycles. The first-order chi connectivity index (χ1) is 17.8. The normalized spacial score (nSPS) is 12.2. The molecule has 192 valence electrons. The van der Waals surface area contributed by atoms with Crippen LogP contribution in [0.1, 0.15) is 23.6 Å². The summed E-state index contributed by atoms with van der Waals surface area (Å²) in [6.07, 6.45) is 0.589. The third kappa shape index (κ3) is 7.69. The van der Waals surface area contributed by atoms with Crippen molar-refractivity contribution in [1.29, 1.82) is 0 Å². The molecule has 0 saturated heterocycles. The van der Waals surface area contributed by atoms with Gasteiger partial charge in [-0.05, 0) is 23.3 Å². The Balaban J connectivity index is 1.91. The maximum Gasteiger partial charge on any atom is 0.305 e. The summed E-state index contributed by atoms with van der Waals surface area (Å²) in [5.74, 6) is -3.76. The monoisotopic (exact) mass is 507 g/mol. The lowest BCUT2D eigenvalue weighted by atomic mass is 10.0. The number of carboxylic acid groups (broad SMARTS) is 1. The fourth-order valence-corrected chi connectivity index (χ4v) is 3.76. The average Bonchev–Trinajstić information content (AvgIpc) is 2.88. The highest BCUT2D eigenvalue weighted by Crippen LogP contribution is 2.16. The SMILES string of the molecule is O=C(O)CC(NC(=O)[C@H](Cc1ccccc1)n1cccc(NC(=O)Cc2ccccc2)c1=O)C(=O)CF. The van der Waals surface area contributed by atoms with Crippen molar-refractivity contribution in [2.24, 2.45) is 0 Å². The first kappa shape index (κ1) is 27.0. The zero-order valence-electron chi connectivity index (χ0n) is 19.8. The van der Waals surface area contributed by atoms with Crippen LogP contribution in [-0.4, -0.2) is 46.0 Å². The van der Waals surface area contributed by atoms with E-state index in [1.54, 1.807) is 54.6 Å². The topological polar surface area (TPSA) is 135 Å². The Morgan fingerprint density at radius 2 is 1.51 bits per heavy atom. The number of anilines is 1. The molecular weight excluding hydrogens is 481 g/mol. The third-order valence-corrected chi connectivity index (χ3v) is 5.58. The van der Waals surface area contributed by atoms with Crippen molar-refractivity contribution in [3.8, 4) is 0 Å². The number of carbonyl (C=O) groups excluding carboxylic acids is 3. The second-order valence-electron chi connectivity index (χ2n) is 8.31. The number of halogens is 1. The lowest BCUT2D eigenvalue weighted by Gasteiger charge is -2.23. The summed E-state index contributed by atoms with van der Waals surface area (Å²) in [7, 11) is 0. The van der Waals surface area contributed by atoms with Crippen molar-refractivity contribution in [3.63, 3.8) is 0 Å². The first-order valence-electron chi connectivity index (χ1n) is 11.5. The number of hydrogen-bond acceptors (Lipinski definition) is 5. The largest absolute Gasteiger partial charge is 0.481 e. The number of pyridine rings is 1. The van der Waals surface area contributed by atoms with E-state index in [1.807, 2.05) is 6.07 Å². The molecule has 0 aliphatic rings. The number of nitrogens with zero attached hydrogens (tertiary/aromatic N) is 1. The molecular formula is C27H26FN3O6. The van der Waals surface area contributed by atoms with Gasteiger partial charge < -0.3 is 20.3 Å². The van der Waals surface area contributed by atoms with Crippen molar-refractivity contribution in [1.82, 2.24) is 9.88 Å². The summed E-state index contributed by atoms with van der Waals surface area (Å²) >= 11 is 0. The zero-order chi connectivity index (χ0) is 26.8. The van der Waals surface area contributed by atoms with Crippen molar-refractivity contribution in [3.05, 3.63) is 100 Å². The first-order valence-corrected chi connectivity index (χ1v) is 11.5. The van der Waals surface area contributed by atoms with Gasteiger partial charge in [0.1, 0.15) is 24.4 Å². The van der Waals surface area contributed by atoms with Crippen molar-refractivity contribution in [2.45, 2.75) is 31.3 Å². The molecule has 3 rings (SSSR count). The number of carbonyl (C=O) groups is 4. The lowest BCUT2D eigenvalue weighted by Crippen LogP contribution is -2.47. The molecule has 0 saturated carbocycles. The average molecular weight is 508 g/mol. The Labute approximate surface area is 211 Å². The number of hydrogen-bond donors (Lipinski definition) is 3. The smallest absolute Gasteiger partial charge is 0.305 e. The van der Waals surface area contributed by atoms with Gasteiger partial charge >= 0.3 is 5.97 Å². The molecule has 0 fully saturated rings. The summed E-state index contributed by atoms with van der Waals surface area (Å²) in [5, 5.41) is 13.9. The fraction of sp³-hybridized carbons (Fsp3) is 0.222. The second kappa shape index (κ2) is 12.9. The molecule has 1 unspecified atom stereocenters. The minimum absolute atomic E-state index is 0.0115. The Morgan fingerprint density at radius 1 is 0.892 bits per heavy atom. The van der Waals surface area contributed by atoms with E-state index >= 15 is 0 Å². The molecule has 0 aliphatic carbocycles. The molecule has 1 heterocycles. The molecule has 37 heavy (non-hydrogen) atoms. The van der Waals surface area contributed by atoms with Crippen LogP contribution in [0.25, 0.3) is 0 Å². The van der Waals surface area contributed by atoms with Crippen molar-refractivity contribution >= 4 is 29.3 Å². The number of nitrogens with one attached hydrogen (secondary N) is 2. The van der Waals surface area contributed by atoms with E-state index in [1.165, 1.54) is 18.3 Å². The van der Waals surface area contributed by atoms with Gasteiger partial charge in [0, 0.05) is 12.6 Å². The molecule has 0 radical (unpaired) electrons. The molecule has 9 nitrogen and oxygen atoms in total. The van der Waals surface area contributed by atoms with Gasteiger partial charge in [-0.15, -0.1) is 0 Å². The highest BCUT2D eigenvalue weighted by Gasteiger charge is 2.29. The van der Waals surface area contributed by atoms with E-state index in [0.29, 0.717) is 5.56 Å². The van der Waals surface area contributed by atoms with E-state index < -0.39 is 54.3 Å². The Hall–Kier alpha value is -4.60. The number of aliphatic carboxylic acids is 1. The number of aromatic nitrogens is 1. The minimum atomic E-state index is -1.60. The van der Waals surface area contributed by atoms with Gasteiger partial charge in [0.2, 0.25) is 11.8 Å². The molecule has 0 aliphatic heterocycles. The molecule has 2 aromatic carbocycles. The number of benzene rings is 2. The van der Waals surface area contributed by atoms with E-state index in [-0.39, 0.29) is 18.5 Å². The number of ketones is 1. The standard InChI is InChI=1S/C27H26FN3O6/c28-17-23(32)21(16-25(34)35)30-26(36)22(14-18-8-3-1-4-9-18)31-13-7-12-20(27(31)37)29-24(33)15-19-10-5-2-6-11-19/h1-13,21-22H,14-17H2,(H,29,33)(H,30,36)(H,34,35)/t21?,22-/m0/s1. The van der Waals surface area contributed by atoms with Gasteiger partial charge in [-0.25, -0.2) is 4.39 Å². The highest BCUT2D eigenvalue weighted by molar-refractivity contribution is 5.94. The summed E-state index contributed by atoms with van der Waals surface area (Å²) in [6.45, 7) is -1.45. The highest BCUT2D eigenvalue weighted by atomic mass is 19.1. The van der Waals surface area contributed by atoms with Gasteiger partial charge in [0.05, 0.1) is 12.8 Å². The van der Waals surface area contributed by atoms with Gasteiger partial charge in [-0.2, -0.15) is 0 Å². The van der Waals surface area contributed by atoms with E-state index in [4.69, 9.17) is 5.11 Å². The van der Waals surface area contributed by atoms with Crippen LogP contribution in [0.2, 0.25) is 0 Å². The lowest BCUT2D eigenvalue weighted by molar-refractivity contribution is -0.140. The zero-order valence-corrected chi connectivity index (χ0v) is 19.8. The fourth-order valence-electron chi connectivity index (χ4n) is 3.76. The second-order valence-corrected chi connectivity index (χ2v) is 8.31. The minimum Gasteiger partial charge on any atom is -0.481 e. The molecule has 10 heteroatoms. The van der Waals surface area contributed by atoms with Crippen LogP contribution in [-0.2, 0) is 32.0 Å². The van der Waals surface area contributed by atoms with Crippen LogP contribution in [0, 0.1) is 0 Å². The summed E-state index contributed by atoms with van der Waals surface area (Å²) in [4.78, 5) is 62.2. The molecule has 0 spiro atoms. The van der Waals surface area contributed by atoms with Crippen molar-refractivity contribution in [2.75, 3.05) is 12.0 Å².